The maximum atomic E-state index is 12.0. The van der Waals surface area contributed by atoms with Crippen LogP contribution in [0.25, 0.3) is 0 Å². The van der Waals surface area contributed by atoms with Crippen LogP contribution in [0.15, 0.2) is 16.3 Å². The summed E-state index contributed by atoms with van der Waals surface area (Å²) < 4.78 is 37.0. The van der Waals surface area contributed by atoms with Gasteiger partial charge < -0.3 is 14.8 Å². The van der Waals surface area contributed by atoms with E-state index >= 15 is 0 Å². The van der Waals surface area contributed by atoms with E-state index in [2.05, 4.69) is 10.0 Å². The standard InChI is InChI=1S/C12H22N2O4S2/c1-13-10-11-4-5-12(19-11)20(15,16)14-6-3-7-18-9-8-17-2/h4-5,13-14H,3,6-10H2,1-2H3. The molecule has 1 rings (SSSR count). The van der Waals surface area contributed by atoms with Crippen molar-refractivity contribution in [2.45, 2.75) is 17.2 Å². The molecule has 20 heavy (non-hydrogen) atoms. The molecule has 0 spiro atoms. The molecule has 6 nitrogen and oxygen atoms in total. The molecule has 1 aromatic rings. The normalized spacial score (nSPS) is 11.9. The zero-order valence-corrected chi connectivity index (χ0v) is 13.5. The molecule has 2 N–H and O–H groups in total. The van der Waals surface area contributed by atoms with E-state index in [4.69, 9.17) is 9.47 Å². The second-order valence-electron chi connectivity index (χ2n) is 4.11. The first-order valence-corrected chi connectivity index (χ1v) is 8.70. The smallest absolute Gasteiger partial charge is 0.250 e. The van der Waals surface area contributed by atoms with E-state index in [9.17, 15) is 8.42 Å². The second-order valence-corrected chi connectivity index (χ2v) is 7.27. The van der Waals surface area contributed by atoms with Crippen LogP contribution in [0, 0.1) is 0 Å². The molecular weight excluding hydrogens is 300 g/mol. The molecule has 116 valence electrons. The van der Waals surface area contributed by atoms with Crippen LogP contribution < -0.4 is 10.0 Å². The summed E-state index contributed by atoms with van der Waals surface area (Å²) in [4.78, 5) is 0.996. The summed E-state index contributed by atoms with van der Waals surface area (Å²) in [5, 5.41) is 2.99. The average Bonchev–Trinajstić information content (AvgIpc) is 2.88. The van der Waals surface area contributed by atoms with Crippen LogP contribution >= 0.6 is 11.3 Å². The van der Waals surface area contributed by atoms with Gasteiger partial charge in [-0.3, -0.25) is 0 Å². The molecule has 0 aliphatic carbocycles. The highest BCUT2D eigenvalue weighted by Gasteiger charge is 2.15. The summed E-state index contributed by atoms with van der Waals surface area (Å²) in [5.74, 6) is 0. The Morgan fingerprint density at radius 2 is 2.05 bits per heavy atom. The highest BCUT2D eigenvalue weighted by Crippen LogP contribution is 2.21. The zero-order chi connectivity index (χ0) is 14.8. The quantitative estimate of drug-likeness (QED) is 0.589. The topological polar surface area (TPSA) is 76.7 Å². The van der Waals surface area contributed by atoms with Crippen molar-refractivity contribution >= 4 is 21.4 Å². The molecule has 0 fully saturated rings. The molecule has 1 aromatic heterocycles. The Kier molecular flexibility index (Phi) is 8.27. The Morgan fingerprint density at radius 1 is 1.25 bits per heavy atom. The van der Waals surface area contributed by atoms with Gasteiger partial charge in [-0.15, -0.1) is 11.3 Å². The van der Waals surface area contributed by atoms with Gasteiger partial charge in [-0.1, -0.05) is 0 Å². The van der Waals surface area contributed by atoms with Gasteiger partial charge in [0.2, 0.25) is 10.0 Å². The van der Waals surface area contributed by atoms with Crippen molar-refractivity contribution in [2.75, 3.05) is 40.5 Å². The van der Waals surface area contributed by atoms with E-state index in [-0.39, 0.29) is 0 Å². The van der Waals surface area contributed by atoms with Crippen LogP contribution in [0.3, 0.4) is 0 Å². The van der Waals surface area contributed by atoms with Crippen molar-refractivity contribution in [3.8, 4) is 0 Å². The molecule has 0 atom stereocenters. The summed E-state index contributed by atoms with van der Waals surface area (Å²) in [6.45, 7) is 2.64. The second kappa shape index (κ2) is 9.43. The van der Waals surface area contributed by atoms with Crippen molar-refractivity contribution in [1.82, 2.24) is 10.0 Å². The van der Waals surface area contributed by atoms with Crippen molar-refractivity contribution in [2.24, 2.45) is 0 Å². The Morgan fingerprint density at radius 3 is 2.75 bits per heavy atom. The van der Waals surface area contributed by atoms with E-state index in [1.54, 1.807) is 13.2 Å². The number of rotatable bonds is 11. The van der Waals surface area contributed by atoms with Crippen LogP contribution in [0.1, 0.15) is 11.3 Å². The third-order valence-corrected chi connectivity index (χ3v) is 5.48. The van der Waals surface area contributed by atoms with Gasteiger partial charge in [0.05, 0.1) is 13.2 Å². The molecular formula is C12H22N2O4S2. The SMILES string of the molecule is CNCc1ccc(S(=O)(=O)NCCCOCCOC)s1. The molecule has 0 bridgehead atoms. The Balaban J connectivity index is 2.30. The maximum absolute atomic E-state index is 12.0. The lowest BCUT2D eigenvalue weighted by molar-refractivity contribution is 0.0699. The molecule has 0 unspecified atom stereocenters. The summed E-state index contributed by atoms with van der Waals surface area (Å²) in [6, 6.07) is 3.46. The van der Waals surface area contributed by atoms with Gasteiger partial charge in [0.15, 0.2) is 0 Å². The molecule has 0 aromatic carbocycles. The molecule has 0 saturated heterocycles. The van der Waals surface area contributed by atoms with Crippen LogP contribution in [-0.2, 0) is 26.0 Å². The Labute approximate surface area is 124 Å². The summed E-state index contributed by atoms with van der Waals surface area (Å²) in [5.41, 5.74) is 0. The van der Waals surface area contributed by atoms with Crippen LogP contribution in [0.2, 0.25) is 0 Å². The number of hydrogen-bond acceptors (Lipinski definition) is 6. The Hall–Kier alpha value is -0.510. The van der Waals surface area contributed by atoms with Gasteiger partial charge >= 0.3 is 0 Å². The fourth-order valence-electron chi connectivity index (χ4n) is 1.47. The first kappa shape index (κ1) is 17.5. The fourth-order valence-corrected chi connectivity index (χ4v) is 3.95. The average molecular weight is 322 g/mol. The third-order valence-electron chi connectivity index (χ3n) is 2.44. The predicted molar refractivity (Wildman–Crippen MR) is 79.6 cm³/mol. The van der Waals surface area contributed by atoms with Crippen LogP contribution in [-0.4, -0.2) is 48.9 Å². The van der Waals surface area contributed by atoms with Crippen LogP contribution in [0.5, 0.6) is 0 Å². The van der Waals surface area contributed by atoms with E-state index in [0.29, 0.717) is 43.5 Å². The maximum Gasteiger partial charge on any atom is 0.250 e. The molecule has 0 radical (unpaired) electrons. The number of sulfonamides is 1. The zero-order valence-electron chi connectivity index (χ0n) is 11.8. The summed E-state index contributed by atoms with van der Waals surface area (Å²) in [7, 11) is 0.0464. The first-order valence-electron chi connectivity index (χ1n) is 6.40. The van der Waals surface area contributed by atoms with Gasteiger partial charge in [0.1, 0.15) is 4.21 Å². The number of thiophene rings is 1. The van der Waals surface area contributed by atoms with E-state index in [1.807, 2.05) is 13.1 Å². The summed E-state index contributed by atoms with van der Waals surface area (Å²) >= 11 is 1.28. The minimum absolute atomic E-state index is 0.350. The van der Waals surface area contributed by atoms with Crippen molar-refractivity contribution in [3.05, 3.63) is 17.0 Å². The third kappa shape index (κ3) is 6.29. The minimum atomic E-state index is -3.39. The van der Waals surface area contributed by atoms with Crippen molar-refractivity contribution in [1.29, 1.82) is 0 Å². The lowest BCUT2D eigenvalue weighted by Crippen LogP contribution is -2.25. The monoisotopic (exact) mass is 322 g/mol. The van der Waals surface area contributed by atoms with Crippen LogP contribution in [0.4, 0.5) is 0 Å². The number of methoxy groups -OCH3 is 1. The molecule has 8 heteroatoms. The summed E-state index contributed by atoms with van der Waals surface area (Å²) in [6.07, 6.45) is 0.637. The van der Waals surface area contributed by atoms with Gasteiger partial charge in [-0.05, 0) is 25.6 Å². The van der Waals surface area contributed by atoms with E-state index in [0.717, 1.165) is 4.88 Å². The largest absolute Gasteiger partial charge is 0.382 e. The minimum Gasteiger partial charge on any atom is -0.382 e. The molecule has 0 aliphatic rings. The highest BCUT2D eigenvalue weighted by molar-refractivity contribution is 7.91. The van der Waals surface area contributed by atoms with E-state index < -0.39 is 10.0 Å². The number of nitrogens with one attached hydrogen (secondary N) is 2. The van der Waals surface area contributed by atoms with E-state index in [1.165, 1.54) is 11.3 Å². The molecule has 1 heterocycles. The van der Waals surface area contributed by atoms with Crippen molar-refractivity contribution in [3.63, 3.8) is 0 Å². The molecule has 0 aliphatic heterocycles. The van der Waals surface area contributed by atoms with Gasteiger partial charge in [0, 0.05) is 31.7 Å². The lowest BCUT2D eigenvalue weighted by Gasteiger charge is -2.05. The highest BCUT2D eigenvalue weighted by atomic mass is 32.2. The molecule has 0 saturated carbocycles. The van der Waals surface area contributed by atoms with Crippen molar-refractivity contribution < 1.29 is 17.9 Å². The van der Waals surface area contributed by atoms with Gasteiger partial charge in [0.25, 0.3) is 0 Å². The fraction of sp³-hybridized carbons (Fsp3) is 0.667. The Bertz CT molecular complexity index is 474. The first-order chi connectivity index (χ1) is 9.60. The lowest BCUT2D eigenvalue weighted by atomic mass is 10.5. The molecule has 0 amide bonds. The number of hydrogen-bond donors (Lipinski definition) is 2. The number of ether oxygens (including phenoxy) is 2. The van der Waals surface area contributed by atoms with Gasteiger partial charge in [-0.25, -0.2) is 13.1 Å². The predicted octanol–water partition coefficient (Wildman–Crippen LogP) is 0.799. The van der Waals surface area contributed by atoms with Gasteiger partial charge in [-0.2, -0.15) is 0 Å².